The number of carbonyl (C=O) groups excluding carboxylic acids is 2. The second kappa shape index (κ2) is 50.7. The molecule has 410 valence electrons. The highest BCUT2D eigenvalue weighted by atomic mass is 31.2. The van der Waals surface area contributed by atoms with E-state index in [1.54, 1.807) is 0 Å². The van der Waals surface area contributed by atoms with E-state index in [2.05, 4.69) is 38.2 Å². The van der Waals surface area contributed by atoms with Crippen LogP contribution in [0.4, 0.5) is 0 Å². The summed E-state index contributed by atoms with van der Waals surface area (Å²) in [5, 5.41) is 3.01. The third-order valence-corrected chi connectivity index (χ3v) is 13.5. The molecule has 3 atom stereocenters. The van der Waals surface area contributed by atoms with Crippen molar-refractivity contribution < 1.29 is 37.3 Å². The second-order valence-corrected chi connectivity index (χ2v) is 22.0. The van der Waals surface area contributed by atoms with Gasteiger partial charge in [0.2, 0.25) is 5.91 Å². The van der Waals surface area contributed by atoms with Crippen molar-refractivity contribution in [1.29, 1.82) is 0 Å². The molecular weight excluding hydrogens is 904 g/mol. The first-order chi connectivity index (χ1) is 34.4. The fourth-order valence-electron chi connectivity index (χ4n) is 8.02. The Morgan fingerprint density at radius 2 is 0.901 bits per heavy atom. The van der Waals surface area contributed by atoms with Crippen LogP contribution >= 0.6 is 7.82 Å². The number of phosphoric ester groups is 1. The first-order valence-electron chi connectivity index (χ1n) is 29.0. The Kier molecular flexibility index (Phi) is 48.7. The van der Waals surface area contributed by atoms with E-state index in [0.29, 0.717) is 23.9 Å². The van der Waals surface area contributed by atoms with E-state index in [-0.39, 0.29) is 24.9 Å². The normalized spacial score (nSPS) is 14.4. The lowest BCUT2D eigenvalue weighted by atomic mass is 10.0. The molecule has 1 N–H and O–H groups in total. The van der Waals surface area contributed by atoms with E-state index >= 15 is 0 Å². The fraction of sp³-hybridized carbons (Fsp3) is 0.738. The zero-order valence-corrected chi connectivity index (χ0v) is 47.5. The number of esters is 1. The van der Waals surface area contributed by atoms with Crippen LogP contribution in [0.2, 0.25) is 0 Å². The van der Waals surface area contributed by atoms with Crippen molar-refractivity contribution in [3.8, 4) is 0 Å². The van der Waals surface area contributed by atoms with Crippen LogP contribution in [-0.2, 0) is 27.9 Å². The molecule has 3 unspecified atom stereocenters. The largest absolute Gasteiger partial charge is 0.756 e. The van der Waals surface area contributed by atoms with Crippen LogP contribution < -0.4 is 10.2 Å². The third kappa shape index (κ3) is 51.9. The van der Waals surface area contributed by atoms with Crippen LogP contribution in [0.5, 0.6) is 0 Å². The Labute approximate surface area is 437 Å². The maximum Gasteiger partial charge on any atom is 0.306 e. The van der Waals surface area contributed by atoms with Gasteiger partial charge in [0.15, 0.2) is 0 Å². The van der Waals surface area contributed by atoms with Gasteiger partial charge in [-0.3, -0.25) is 14.2 Å². The standard InChI is InChI=1S/C61H109N2O7P/c1-7-10-13-16-19-22-25-28-30-31-33-36-39-42-45-48-51-54-61(65)70-59(52-49-46-43-40-37-34-27-24-21-18-15-12-9-3)58(57-69-71(66,67)68-56-55-63(4,5)6)62-60(64)53-50-47-44-41-38-35-32-29-26-23-20-17-14-11-8-2/h10,13,16,19,22,25,28,30-31,33,36,39,49,52,58-59H,7-9,11-12,14-15,17-18,20-21,23-24,26-27,29,32,34-35,37-38,40-48,50-51,53-57H2,1-6H3,(H-,62,64,66,67)/b13-10-,19-16+,25-22+,30-28-,33-31+,39-36+,52-49+. The van der Waals surface area contributed by atoms with Gasteiger partial charge >= 0.3 is 5.97 Å². The third-order valence-electron chi connectivity index (χ3n) is 12.5. The number of likely N-dealkylation sites (N-methyl/N-ethyl adjacent to an activating group) is 1. The van der Waals surface area contributed by atoms with Gasteiger partial charge in [0.1, 0.15) is 19.3 Å². The van der Waals surface area contributed by atoms with Gasteiger partial charge in [0.05, 0.1) is 33.8 Å². The summed E-state index contributed by atoms with van der Waals surface area (Å²) in [7, 11) is 1.15. The van der Waals surface area contributed by atoms with Crippen LogP contribution in [0.25, 0.3) is 0 Å². The summed E-state index contributed by atoms with van der Waals surface area (Å²) < 4.78 is 30.2. The summed E-state index contributed by atoms with van der Waals surface area (Å²) in [4.78, 5) is 39.9. The first kappa shape index (κ1) is 68.2. The van der Waals surface area contributed by atoms with Crippen LogP contribution in [0, 0.1) is 0 Å². The van der Waals surface area contributed by atoms with E-state index in [0.717, 1.165) is 64.2 Å². The SMILES string of the molecule is CC\C=C/C=C/C=C/C=C\C=C\C=C\CCCCCC(=O)OC(/C=C/CCCCCCCCCCCCC)C(COP(=O)([O-])OCC[N+](C)(C)C)NC(=O)CCCCCCCCCCCCCCCCC. The maximum absolute atomic E-state index is 13.5. The molecule has 71 heavy (non-hydrogen) atoms. The van der Waals surface area contributed by atoms with Crippen LogP contribution in [0.3, 0.4) is 0 Å². The van der Waals surface area contributed by atoms with Crippen LogP contribution in [0.15, 0.2) is 85.1 Å². The molecule has 0 aromatic rings. The summed E-state index contributed by atoms with van der Waals surface area (Å²) >= 11 is 0. The molecule has 0 fully saturated rings. The lowest BCUT2D eigenvalue weighted by Gasteiger charge is -2.30. The van der Waals surface area contributed by atoms with Gasteiger partial charge in [-0.1, -0.05) is 260 Å². The predicted octanol–water partition coefficient (Wildman–Crippen LogP) is 16.8. The van der Waals surface area contributed by atoms with Gasteiger partial charge in [-0.15, -0.1) is 0 Å². The highest BCUT2D eigenvalue weighted by Gasteiger charge is 2.27. The topological polar surface area (TPSA) is 114 Å². The number of phosphoric acid groups is 1. The van der Waals surface area contributed by atoms with Crippen molar-refractivity contribution in [2.45, 2.75) is 251 Å². The van der Waals surface area contributed by atoms with Crippen molar-refractivity contribution in [3.05, 3.63) is 85.1 Å². The Bertz CT molecular complexity index is 1490. The molecule has 0 heterocycles. The Morgan fingerprint density at radius 1 is 0.507 bits per heavy atom. The lowest BCUT2D eigenvalue weighted by molar-refractivity contribution is -0.870. The van der Waals surface area contributed by atoms with Crippen LogP contribution in [-0.4, -0.2) is 69.4 Å². The van der Waals surface area contributed by atoms with Crippen molar-refractivity contribution in [3.63, 3.8) is 0 Å². The number of hydrogen-bond acceptors (Lipinski definition) is 7. The van der Waals surface area contributed by atoms with Gasteiger partial charge in [0.25, 0.3) is 7.82 Å². The average Bonchev–Trinajstić information content (AvgIpc) is 3.33. The van der Waals surface area contributed by atoms with E-state index in [9.17, 15) is 19.0 Å². The van der Waals surface area contributed by atoms with Gasteiger partial charge in [-0.25, -0.2) is 0 Å². The molecule has 0 aliphatic heterocycles. The van der Waals surface area contributed by atoms with Gasteiger partial charge < -0.3 is 28.5 Å². The number of nitrogens with one attached hydrogen (secondary N) is 1. The highest BCUT2D eigenvalue weighted by Crippen LogP contribution is 2.38. The predicted molar refractivity (Wildman–Crippen MR) is 302 cm³/mol. The monoisotopic (exact) mass is 1010 g/mol. The molecule has 0 spiro atoms. The minimum atomic E-state index is -4.71. The van der Waals surface area contributed by atoms with Crippen molar-refractivity contribution in [2.75, 3.05) is 40.9 Å². The molecule has 9 nitrogen and oxygen atoms in total. The molecule has 0 aromatic heterocycles. The first-order valence-corrected chi connectivity index (χ1v) is 30.4. The molecule has 0 saturated heterocycles. The minimum absolute atomic E-state index is 0.0323. The summed E-state index contributed by atoms with van der Waals surface area (Å²) in [6, 6.07) is -0.908. The number of carbonyl (C=O) groups is 2. The average molecular weight is 1010 g/mol. The van der Waals surface area contributed by atoms with E-state index in [1.807, 2.05) is 94.1 Å². The van der Waals surface area contributed by atoms with Gasteiger partial charge in [-0.05, 0) is 51.0 Å². The molecule has 0 radical (unpaired) electrons. The molecule has 0 rings (SSSR count). The molecular formula is C61H109N2O7P. The number of quaternary nitrogens is 1. The molecule has 0 aliphatic rings. The quantitative estimate of drug-likeness (QED) is 0.0161. The van der Waals surface area contributed by atoms with Gasteiger partial charge in [0, 0.05) is 12.8 Å². The second-order valence-electron chi connectivity index (χ2n) is 20.6. The number of unbranched alkanes of at least 4 members (excludes halogenated alkanes) is 28. The molecule has 0 bridgehead atoms. The van der Waals surface area contributed by atoms with E-state index in [1.165, 1.54) is 135 Å². The zero-order chi connectivity index (χ0) is 52.2. The van der Waals surface area contributed by atoms with Crippen molar-refractivity contribution in [1.82, 2.24) is 5.32 Å². The summed E-state index contributed by atoms with van der Waals surface area (Å²) in [5.74, 6) is -0.591. The number of amides is 1. The zero-order valence-electron chi connectivity index (χ0n) is 46.7. The van der Waals surface area contributed by atoms with E-state index in [4.69, 9.17) is 13.8 Å². The smallest absolute Gasteiger partial charge is 0.306 e. The van der Waals surface area contributed by atoms with Crippen molar-refractivity contribution in [2.24, 2.45) is 0 Å². The Morgan fingerprint density at radius 3 is 1.37 bits per heavy atom. The number of allylic oxidation sites excluding steroid dienone is 13. The summed E-state index contributed by atoms with van der Waals surface area (Å²) in [5.41, 5.74) is 0. The highest BCUT2D eigenvalue weighted by molar-refractivity contribution is 7.45. The molecule has 1 amide bonds. The summed E-state index contributed by atoms with van der Waals surface area (Å²) in [6.07, 6.45) is 65.4. The molecule has 0 saturated carbocycles. The van der Waals surface area contributed by atoms with Gasteiger partial charge in [-0.2, -0.15) is 0 Å². The van der Waals surface area contributed by atoms with Crippen LogP contribution in [0.1, 0.15) is 239 Å². The molecule has 0 aliphatic carbocycles. The minimum Gasteiger partial charge on any atom is -0.756 e. The fourth-order valence-corrected chi connectivity index (χ4v) is 8.75. The Hall–Kier alpha value is -2.81. The molecule has 0 aromatic carbocycles. The molecule has 10 heteroatoms. The summed E-state index contributed by atoms with van der Waals surface area (Å²) in [6.45, 7) is 6.67. The lowest BCUT2D eigenvalue weighted by Crippen LogP contribution is -2.47. The number of rotatable bonds is 51. The van der Waals surface area contributed by atoms with E-state index < -0.39 is 26.6 Å². The van der Waals surface area contributed by atoms with Crippen molar-refractivity contribution >= 4 is 19.7 Å². The number of hydrogen-bond donors (Lipinski definition) is 1. The number of ether oxygens (including phenoxy) is 1. The number of nitrogens with zero attached hydrogens (tertiary/aromatic N) is 1. The maximum atomic E-state index is 13.5. The Balaban J connectivity index is 5.46.